The monoisotopic (exact) mass is 460 g/mol. The maximum absolute atomic E-state index is 12.9. The third-order valence-electron chi connectivity index (χ3n) is 6.13. The van der Waals surface area contributed by atoms with Gasteiger partial charge >= 0.3 is 5.97 Å². The van der Waals surface area contributed by atoms with Crippen LogP contribution in [0.2, 0.25) is 0 Å². The Morgan fingerprint density at radius 2 is 1.68 bits per heavy atom. The van der Waals surface area contributed by atoms with Crippen molar-refractivity contribution in [3.63, 3.8) is 0 Å². The van der Waals surface area contributed by atoms with Gasteiger partial charge < -0.3 is 15.0 Å². The fourth-order valence-corrected chi connectivity index (χ4v) is 4.09. The molecule has 1 aliphatic heterocycles. The first-order valence-corrected chi connectivity index (χ1v) is 11.4. The Morgan fingerprint density at radius 3 is 2.38 bits per heavy atom. The average Bonchev–Trinajstić information content (AvgIpc) is 2.82. The molecule has 176 valence electrons. The van der Waals surface area contributed by atoms with Crippen LogP contribution in [0.4, 0.5) is 0 Å². The molecule has 0 spiro atoms. The number of likely N-dealkylation sites (tertiary alicyclic amines) is 1. The summed E-state index contributed by atoms with van der Waals surface area (Å²) in [7, 11) is 0. The molecule has 0 bridgehead atoms. The molecule has 34 heavy (non-hydrogen) atoms. The minimum atomic E-state index is -0.422. The fraction of sp³-hybridized carbons (Fsp3) is 0.346. The second kappa shape index (κ2) is 9.99. The zero-order chi connectivity index (χ0) is 24.2. The van der Waals surface area contributed by atoms with Crippen LogP contribution in [0.1, 0.15) is 51.9 Å². The third-order valence-corrected chi connectivity index (χ3v) is 6.13. The van der Waals surface area contributed by atoms with Crippen molar-refractivity contribution in [3.05, 3.63) is 65.0 Å². The van der Waals surface area contributed by atoms with E-state index in [9.17, 15) is 14.4 Å². The van der Waals surface area contributed by atoms with Crippen molar-refractivity contribution in [2.75, 3.05) is 19.6 Å². The molecule has 8 heteroatoms. The molecular formula is C26H28N4O4. The van der Waals surface area contributed by atoms with E-state index in [1.807, 2.05) is 19.9 Å². The number of nitrogens with zero attached hydrogens (tertiary/aromatic N) is 3. The lowest BCUT2D eigenvalue weighted by Crippen LogP contribution is -2.41. The van der Waals surface area contributed by atoms with Gasteiger partial charge in [0, 0.05) is 37.7 Å². The van der Waals surface area contributed by atoms with E-state index in [0.29, 0.717) is 47.9 Å². The van der Waals surface area contributed by atoms with Gasteiger partial charge in [0.25, 0.3) is 11.8 Å². The molecule has 2 amide bonds. The number of aromatic nitrogens is 2. The summed E-state index contributed by atoms with van der Waals surface area (Å²) in [6, 6.07) is 12.0. The Balaban J connectivity index is 1.30. The number of hydrogen-bond acceptors (Lipinski definition) is 6. The van der Waals surface area contributed by atoms with E-state index in [0.717, 1.165) is 29.7 Å². The van der Waals surface area contributed by atoms with Crippen LogP contribution in [0.5, 0.6) is 5.75 Å². The van der Waals surface area contributed by atoms with Crippen LogP contribution in [-0.2, 0) is 4.79 Å². The van der Waals surface area contributed by atoms with Crippen LogP contribution in [-0.4, -0.2) is 52.3 Å². The first-order chi connectivity index (χ1) is 16.3. The first kappa shape index (κ1) is 23.4. The number of amides is 2. The van der Waals surface area contributed by atoms with Crippen LogP contribution >= 0.6 is 0 Å². The highest BCUT2D eigenvalue weighted by molar-refractivity contribution is 5.97. The minimum absolute atomic E-state index is 0.0840. The molecule has 1 saturated heterocycles. The van der Waals surface area contributed by atoms with E-state index in [1.165, 1.54) is 6.92 Å². The molecule has 2 aromatic carbocycles. The molecule has 1 aromatic heterocycles. The maximum atomic E-state index is 12.9. The van der Waals surface area contributed by atoms with E-state index in [2.05, 4.69) is 15.3 Å². The van der Waals surface area contributed by atoms with Crippen LogP contribution in [0.15, 0.2) is 42.5 Å². The zero-order valence-electron chi connectivity index (χ0n) is 19.6. The van der Waals surface area contributed by atoms with Crippen LogP contribution in [0, 0.1) is 19.8 Å². The molecule has 1 N–H and O–H groups in total. The molecular weight excluding hydrogens is 432 g/mol. The number of piperidine rings is 1. The summed E-state index contributed by atoms with van der Waals surface area (Å²) >= 11 is 0. The molecule has 3 aromatic rings. The van der Waals surface area contributed by atoms with Crippen molar-refractivity contribution in [2.24, 2.45) is 5.92 Å². The summed E-state index contributed by atoms with van der Waals surface area (Å²) < 4.78 is 5.08. The van der Waals surface area contributed by atoms with Gasteiger partial charge in [-0.05, 0) is 69.0 Å². The number of fused-ring (bicyclic) bond motifs is 1. The summed E-state index contributed by atoms with van der Waals surface area (Å²) in [5.41, 5.74) is 4.27. The second-order valence-electron chi connectivity index (χ2n) is 8.66. The molecule has 2 heterocycles. The van der Waals surface area contributed by atoms with Crippen molar-refractivity contribution < 1.29 is 19.1 Å². The minimum Gasteiger partial charge on any atom is -0.427 e. The molecule has 0 aliphatic carbocycles. The highest BCUT2D eigenvalue weighted by Crippen LogP contribution is 2.21. The van der Waals surface area contributed by atoms with Gasteiger partial charge in [-0.3, -0.25) is 14.4 Å². The number of nitrogens with one attached hydrogen (secondary N) is 1. The SMILES string of the molecule is CC(=O)Oc1cccc(C(=O)N2CCC(CNC(=O)c3ccc4nc(C)c(C)nc4c3)CC2)c1. The van der Waals surface area contributed by atoms with Crippen LogP contribution in [0.25, 0.3) is 11.0 Å². The number of carbonyl (C=O) groups excluding carboxylic acids is 3. The quantitative estimate of drug-likeness (QED) is 0.462. The number of hydrogen-bond donors (Lipinski definition) is 1. The van der Waals surface area contributed by atoms with Gasteiger partial charge in [-0.25, -0.2) is 9.97 Å². The van der Waals surface area contributed by atoms with Crippen molar-refractivity contribution in [3.8, 4) is 5.75 Å². The van der Waals surface area contributed by atoms with Gasteiger partial charge in [-0.1, -0.05) is 6.07 Å². The van der Waals surface area contributed by atoms with Gasteiger partial charge in [0.15, 0.2) is 0 Å². The number of ether oxygens (including phenoxy) is 1. The predicted octanol–water partition coefficient (Wildman–Crippen LogP) is 3.45. The standard InChI is InChI=1S/C26H28N4O4/c1-16-17(2)29-24-14-20(7-8-23(24)28-16)25(32)27-15-19-9-11-30(12-10-19)26(33)21-5-4-6-22(13-21)34-18(3)31/h4-8,13-14,19H,9-12,15H2,1-3H3,(H,27,32). The van der Waals surface area contributed by atoms with Crippen LogP contribution in [0.3, 0.4) is 0 Å². The topological polar surface area (TPSA) is 101 Å². The largest absolute Gasteiger partial charge is 0.427 e. The van der Waals surface area contributed by atoms with Gasteiger partial charge in [0.05, 0.1) is 22.4 Å². The van der Waals surface area contributed by atoms with Crippen molar-refractivity contribution in [1.29, 1.82) is 0 Å². The predicted molar refractivity (Wildman–Crippen MR) is 128 cm³/mol. The molecule has 0 saturated carbocycles. The number of carbonyl (C=O) groups is 3. The van der Waals surface area contributed by atoms with Gasteiger partial charge in [-0.2, -0.15) is 0 Å². The van der Waals surface area contributed by atoms with Gasteiger partial charge in [0.2, 0.25) is 0 Å². The van der Waals surface area contributed by atoms with Crippen molar-refractivity contribution >= 4 is 28.8 Å². The smallest absolute Gasteiger partial charge is 0.308 e. The number of benzene rings is 2. The first-order valence-electron chi connectivity index (χ1n) is 11.4. The Hall–Kier alpha value is -3.81. The Labute approximate surface area is 198 Å². The summed E-state index contributed by atoms with van der Waals surface area (Å²) in [6.45, 7) is 6.93. The highest BCUT2D eigenvalue weighted by Gasteiger charge is 2.24. The molecule has 4 rings (SSSR count). The summed E-state index contributed by atoms with van der Waals surface area (Å²) in [6.07, 6.45) is 1.61. The lowest BCUT2D eigenvalue weighted by atomic mass is 9.96. The summed E-state index contributed by atoms with van der Waals surface area (Å²) in [5.74, 6) is 0.0164. The Morgan fingerprint density at radius 1 is 0.971 bits per heavy atom. The van der Waals surface area contributed by atoms with E-state index in [-0.39, 0.29) is 11.8 Å². The lowest BCUT2D eigenvalue weighted by molar-refractivity contribution is -0.131. The third kappa shape index (κ3) is 5.39. The van der Waals surface area contributed by atoms with Gasteiger partial charge in [0.1, 0.15) is 5.75 Å². The van der Waals surface area contributed by atoms with Gasteiger partial charge in [-0.15, -0.1) is 0 Å². The summed E-state index contributed by atoms with van der Waals surface area (Å²) in [4.78, 5) is 47.5. The number of esters is 1. The van der Waals surface area contributed by atoms with Crippen molar-refractivity contribution in [1.82, 2.24) is 20.2 Å². The molecule has 1 aliphatic rings. The maximum Gasteiger partial charge on any atom is 0.308 e. The van der Waals surface area contributed by atoms with E-state index in [4.69, 9.17) is 4.74 Å². The molecule has 0 atom stereocenters. The summed E-state index contributed by atoms with van der Waals surface area (Å²) in [5, 5.41) is 3.02. The van der Waals surface area contributed by atoms with E-state index in [1.54, 1.807) is 41.3 Å². The zero-order valence-corrected chi connectivity index (χ0v) is 19.6. The Bertz CT molecular complexity index is 1250. The fourth-order valence-electron chi connectivity index (χ4n) is 4.09. The van der Waals surface area contributed by atoms with E-state index < -0.39 is 5.97 Å². The van der Waals surface area contributed by atoms with Crippen LogP contribution < -0.4 is 10.1 Å². The number of rotatable bonds is 5. The molecule has 0 unspecified atom stereocenters. The second-order valence-corrected chi connectivity index (χ2v) is 8.66. The van der Waals surface area contributed by atoms with E-state index >= 15 is 0 Å². The van der Waals surface area contributed by atoms with Crippen molar-refractivity contribution in [2.45, 2.75) is 33.6 Å². The Kier molecular flexibility index (Phi) is 6.86. The number of aryl methyl sites for hydroxylation is 2. The molecule has 1 fully saturated rings. The lowest BCUT2D eigenvalue weighted by Gasteiger charge is -2.32. The normalized spacial score (nSPS) is 14.1. The highest BCUT2D eigenvalue weighted by atomic mass is 16.5. The molecule has 0 radical (unpaired) electrons. The molecule has 8 nitrogen and oxygen atoms in total. The average molecular weight is 461 g/mol.